The van der Waals surface area contributed by atoms with Gasteiger partial charge in [0, 0.05) is 43.3 Å². The Hall–Kier alpha value is 0.280. The van der Waals surface area contributed by atoms with E-state index in [1.165, 1.54) is 0 Å². The maximum absolute atomic E-state index is 9.15. The monoisotopic (exact) mass is 392 g/mol. The largest absolute Gasteiger partial charge is 0.508 e. The summed E-state index contributed by atoms with van der Waals surface area (Å²) in [7, 11) is 1.57. The molecule has 0 bridgehead atoms. The van der Waals surface area contributed by atoms with Crippen molar-refractivity contribution in [2.45, 2.75) is 6.92 Å². The quantitative estimate of drug-likeness (QED) is 0.742. The third kappa shape index (κ3) is 3.79. The van der Waals surface area contributed by atoms with Gasteiger partial charge in [0.2, 0.25) is 0 Å². The average Bonchev–Trinajstić information content (AvgIpc) is 2.13. The zero-order valence-corrected chi connectivity index (χ0v) is 11.2. The minimum absolute atomic E-state index is 0.277. The molecule has 0 aliphatic carbocycles. The van der Waals surface area contributed by atoms with E-state index in [-0.39, 0.29) is 5.75 Å². The molecule has 12 heavy (non-hydrogen) atoms. The second-order valence-electron chi connectivity index (χ2n) is 2.15. The Labute approximate surface area is 95.6 Å². The lowest BCUT2D eigenvalue weighted by atomic mass is 10.2. The summed E-state index contributed by atoms with van der Waals surface area (Å²) in [5.74, 6) is 0.961. The van der Waals surface area contributed by atoms with Gasteiger partial charge in [-0.05, 0) is 18.6 Å². The molecule has 1 N–H and O–H groups in total. The predicted molar refractivity (Wildman–Crippen MR) is 67.4 cm³/mol. The third-order valence-corrected chi connectivity index (χ3v) is 1.42. The van der Waals surface area contributed by atoms with Crippen LogP contribution in [0.25, 0.3) is 0 Å². The Bertz CT molecular complexity index is 238. The summed E-state index contributed by atoms with van der Waals surface area (Å²) in [6.07, 6.45) is 0. The Morgan fingerprint density at radius 3 is 2.33 bits per heavy atom. The number of ether oxygens (including phenoxy) is 1. The van der Waals surface area contributed by atoms with Gasteiger partial charge in [0.05, 0.1) is 7.11 Å². The molecular weight excluding hydrogens is 382 g/mol. The second kappa shape index (κ2) is 6.76. The van der Waals surface area contributed by atoms with Crippen LogP contribution in [0.15, 0.2) is 18.2 Å². The van der Waals surface area contributed by atoms with Crippen LogP contribution in [0.1, 0.15) is 5.56 Å². The molecule has 0 unspecified atom stereocenters. The molecule has 0 amide bonds. The minimum atomic E-state index is 0.277. The van der Waals surface area contributed by atoms with Crippen molar-refractivity contribution in [3.05, 3.63) is 23.8 Å². The topological polar surface area (TPSA) is 29.5 Å². The first kappa shape index (κ1) is 12.3. The average molecular weight is 392 g/mol. The van der Waals surface area contributed by atoms with Gasteiger partial charge in [-0.3, -0.25) is 0 Å². The molecule has 1 rings (SSSR count). The molecule has 68 valence electrons. The zero-order valence-electron chi connectivity index (χ0n) is 6.84. The van der Waals surface area contributed by atoms with E-state index >= 15 is 0 Å². The Morgan fingerprint density at radius 1 is 1.33 bits per heavy atom. The zero-order chi connectivity index (χ0) is 9.56. The first-order valence-electron chi connectivity index (χ1n) is 3.22. The van der Waals surface area contributed by atoms with Crippen molar-refractivity contribution in [1.82, 2.24) is 0 Å². The van der Waals surface area contributed by atoms with E-state index in [4.69, 9.17) is 9.84 Å². The molecule has 2 nitrogen and oxygen atoms in total. The fourth-order valence-corrected chi connectivity index (χ4v) is 0.716. The normalized spacial score (nSPS) is 8.33. The standard InChI is InChI=1S/C8H10O2.I2/c1-6-3-4-7(10-2)5-8(6)9;1-2/h3-5,9H,1-2H3;. The van der Waals surface area contributed by atoms with E-state index in [2.05, 4.69) is 37.2 Å². The van der Waals surface area contributed by atoms with E-state index in [9.17, 15) is 0 Å². The van der Waals surface area contributed by atoms with Crippen molar-refractivity contribution < 1.29 is 9.84 Å². The molecule has 4 heteroatoms. The number of halogens is 2. The van der Waals surface area contributed by atoms with Crippen molar-refractivity contribution in [3.8, 4) is 11.5 Å². The summed E-state index contributed by atoms with van der Waals surface area (Å²) in [5, 5.41) is 9.15. The molecule has 0 fully saturated rings. The highest BCUT2D eigenvalue weighted by atomic mass is 128. The van der Waals surface area contributed by atoms with Crippen LogP contribution < -0.4 is 4.74 Å². The van der Waals surface area contributed by atoms with Crippen LogP contribution in [0.3, 0.4) is 0 Å². The molecule has 0 saturated carbocycles. The highest BCUT2D eigenvalue weighted by molar-refractivity contribution is 15.0. The lowest BCUT2D eigenvalue weighted by Gasteiger charge is -2.01. The number of hydrogen-bond donors (Lipinski definition) is 1. The fraction of sp³-hybridized carbons (Fsp3) is 0.250. The Kier molecular flexibility index (Phi) is 6.92. The van der Waals surface area contributed by atoms with Gasteiger partial charge >= 0.3 is 0 Å². The first-order chi connectivity index (χ1) is 5.74. The summed E-state index contributed by atoms with van der Waals surface area (Å²) < 4.78 is 4.89. The van der Waals surface area contributed by atoms with Gasteiger partial charge in [-0.25, -0.2) is 0 Å². The summed E-state index contributed by atoms with van der Waals surface area (Å²) in [6.45, 7) is 1.84. The molecule has 0 atom stereocenters. The number of phenols is 1. The molecule has 0 aromatic heterocycles. The fourth-order valence-electron chi connectivity index (χ4n) is 0.716. The van der Waals surface area contributed by atoms with Crippen molar-refractivity contribution in [1.29, 1.82) is 0 Å². The van der Waals surface area contributed by atoms with Gasteiger partial charge in [-0.1, -0.05) is 6.07 Å². The van der Waals surface area contributed by atoms with Crippen LogP contribution in [-0.2, 0) is 0 Å². The van der Waals surface area contributed by atoms with E-state index < -0.39 is 0 Å². The molecule has 0 saturated heterocycles. The molecule has 0 aliphatic heterocycles. The van der Waals surface area contributed by atoms with Crippen molar-refractivity contribution >= 4 is 37.2 Å². The van der Waals surface area contributed by atoms with Crippen LogP contribution in [0.2, 0.25) is 0 Å². The number of aromatic hydroxyl groups is 1. The van der Waals surface area contributed by atoms with Crippen molar-refractivity contribution in [2.24, 2.45) is 0 Å². The lowest BCUT2D eigenvalue weighted by molar-refractivity contribution is 0.407. The highest BCUT2D eigenvalue weighted by Gasteiger charge is 1.95. The third-order valence-electron chi connectivity index (χ3n) is 1.42. The highest BCUT2D eigenvalue weighted by Crippen LogP contribution is 2.21. The van der Waals surface area contributed by atoms with Gasteiger partial charge in [0.15, 0.2) is 0 Å². The SMILES string of the molecule is COc1ccc(C)c(O)c1.II. The Balaban J connectivity index is 0.000000561. The smallest absolute Gasteiger partial charge is 0.122 e. The summed E-state index contributed by atoms with van der Waals surface area (Å²) >= 11 is 4.24. The summed E-state index contributed by atoms with van der Waals surface area (Å²) in [6, 6.07) is 5.22. The van der Waals surface area contributed by atoms with E-state index in [1.807, 2.05) is 19.1 Å². The number of rotatable bonds is 1. The van der Waals surface area contributed by atoms with E-state index in [0.717, 1.165) is 5.56 Å². The number of phenolic OH excluding ortho intramolecular Hbond substituents is 1. The summed E-state index contributed by atoms with van der Waals surface area (Å²) in [5.41, 5.74) is 0.862. The van der Waals surface area contributed by atoms with Gasteiger partial charge in [0.1, 0.15) is 11.5 Å². The number of methoxy groups -OCH3 is 1. The van der Waals surface area contributed by atoms with Gasteiger partial charge in [-0.2, -0.15) is 0 Å². The Morgan fingerprint density at radius 2 is 1.92 bits per heavy atom. The van der Waals surface area contributed by atoms with Gasteiger partial charge < -0.3 is 9.84 Å². The van der Waals surface area contributed by atoms with Crippen LogP contribution >= 0.6 is 37.2 Å². The van der Waals surface area contributed by atoms with E-state index in [0.29, 0.717) is 5.75 Å². The van der Waals surface area contributed by atoms with Crippen molar-refractivity contribution in [2.75, 3.05) is 7.11 Å². The lowest BCUT2D eigenvalue weighted by Crippen LogP contribution is -1.82. The molecule has 1 aromatic rings. The van der Waals surface area contributed by atoms with Crippen LogP contribution in [0, 0.1) is 6.92 Å². The first-order valence-corrected chi connectivity index (χ1v) is 9.50. The molecule has 0 aliphatic rings. The molecule has 0 radical (unpaired) electrons. The maximum atomic E-state index is 9.15. The second-order valence-corrected chi connectivity index (χ2v) is 2.15. The number of hydrogen-bond acceptors (Lipinski definition) is 2. The van der Waals surface area contributed by atoms with Crippen LogP contribution in [0.5, 0.6) is 11.5 Å². The van der Waals surface area contributed by atoms with Crippen LogP contribution in [-0.4, -0.2) is 12.2 Å². The van der Waals surface area contributed by atoms with Crippen LogP contribution in [0.4, 0.5) is 0 Å². The van der Waals surface area contributed by atoms with Gasteiger partial charge in [0.25, 0.3) is 0 Å². The molecule has 1 aromatic carbocycles. The molecular formula is C8H10I2O2. The van der Waals surface area contributed by atoms with E-state index in [1.54, 1.807) is 13.2 Å². The predicted octanol–water partition coefficient (Wildman–Crippen LogP) is 3.48. The maximum Gasteiger partial charge on any atom is 0.122 e. The minimum Gasteiger partial charge on any atom is -0.508 e. The summed E-state index contributed by atoms with van der Waals surface area (Å²) in [4.78, 5) is 0. The molecule has 0 heterocycles. The number of aryl methyl sites for hydroxylation is 1. The van der Waals surface area contributed by atoms with Gasteiger partial charge in [-0.15, -0.1) is 0 Å². The van der Waals surface area contributed by atoms with Crippen molar-refractivity contribution in [3.63, 3.8) is 0 Å². The number of benzene rings is 1. The molecule has 0 spiro atoms.